The third-order valence-electron chi connectivity index (χ3n) is 6.70. The number of carboxylic acids is 1. The third kappa shape index (κ3) is 6.18. The van der Waals surface area contributed by atoms with Gasteiger partial charge >= 0.3 is 11.9 Å². The summed E-state index contributed by atoms with van der Waals surface area (Å²) in [6.45, 7) is 2.34. The predicted molar refractivity (Wildman–Crippen MR) is 158 cm³/mol. The minimum atomic E-state index is -1.00. The van der Waals surface area contributed by atoms with Crippen LogP contribution < -0.4 is 0 Å². The van der Waals surface area contributed by atoms with E-state index in [1.165, 1.54) is 11.8 Å². The van der Waals surface area contributed by atoms with Crippen molar-refractivity contribution in [1.82, 2.24) is 0 Å². The van der Waals surface area contributed by atoms with Gasteiger partial charge in [0.05, 0.1) is 13.0 Å². The maximum absolute atomic E-state index is 12.3. The van der Waals surface area contributed by atoms with Gasteiger partial charge < -0.3 is 14.3 Å². The van der Waals surface area contributed by atoms with Crippen molar-refractivity contribution in [2.45, 2.75) is 37.2 Å². The first-order valence-electron chi connectivity index (χ1n) is 13.1. The molecule has 5 nitrogen and oxygen atoms in total. The molecule has 1 aromatic heterocycles. The summed E-state index contributed by atoms with van der Waals surface area (Å²) in [5.41, 5.74) is 7.13. The topological polar surface area (TPSA) is 76.7 Å². The second-order valence-corrected chi connectivity index (χ2v) is 10.7. The zero-order chi connectivity index (χ0) is 27.2. The van der Waals surface area contributed by atoms with E-state index in [2.05, 4.69) is 60.7 Å². The van der Waals surface area contributed by atoms with Gasteiger partial charge in [-0.2, -0.15) is 0 Å². The number of fused-ring (bicyclic) bond motifs is 3. The molecule has 1 N–H and O–H groups in total. The van der Waals surface area contributed by atoms with Gasteiger partial charge in [-0.25, -0.2) is 0 Å². The Morgan fingerprint density at radius 2 is 1.51 bits per heavy atom. The number of rotatable bonds is 11. The van der Waals surface area contributed by atoms with Crippen LogP contribution in [0.2, 0.25) is 0 Å². The van der Waals surface area contributed by atoms with Crippen LogP contribution in [-0.2, 0) is 20.1 Å². The van der Waals surface area contributed by atoms with Gasteiger partial charge in [0.15, 0.2) is 0 Å². The number of unbranched alkanes of at least 4 members (excludes halogenated alkanes) is 1. The molecule has 1 heterocycles. The van der Waals surface area contributed by atoms with E-state index in [1.807, 2.05) is 37.3 Å². The number of ether oxygens (including phenoxy) is 1. The molecular weight excluding hydrogens is 508 g/mol. The summed E-state index contributed by atoms with van der Waals surface area (Å²) >= 11 is 1.31. The van der Waals surface area contributed by atoms with Crippen molar-refractivity contribution in [3.05, 3.63) is 96.6 Å². The highest BCUT2D eigenvalue weighted by molar-refractivity contribution is 7.99. The summed E-state index contributed by atoms with van der Waals surface area (Å²) in [6, 6.07) is 30.9. The number of carbonyl (C=O) groups excluding carboxylic acids is 1. The molecule has 0 spiro atoms. The van der Waals surface area contributed by atoms with Gasteiger partial charge in [0.1, 0.15) is 16.4 Å². The average Bonchev–Trinajstić information content (AvgIpc) is 3.34. The van der Waals surface area contributed by atoms with E-state index >= 15 is 0 Å². The van der Waals surface area contributed by atoms with Crippen LogP contribution in [0.4, 0.5) is 0 Å². The van der Waals surface area contributed by atoms with Gasteiger partial charge in [-0.1, -0.05) is 98.3 Å². The third-order valence-corrected chi connectivity index (χ3v) is 7.97. The van der Waals surface area contributed by atoms with Crippen LogP contribution in [0.1, 0.15) is 31.7 Å². The standard InChI is InChI=1S/C33H30O5S/c1-2-3-19-37-33(36)30(20-31(34)35)39-21-22-11-13-23(14-12-22)24-15-17-25(18-16-24)26-8-6-9-28-27-7-4-5-10-29(27)38-32(26)28/h4-18,30H,2-3,19-21H2,1H3,(H,34,35). The van der Waals surface area contributed by atoms with Gasteiger partial charge in [0, 0.05) is 22.1 Å². The number of benzene rings is 4. The van der Waals surface area contributed by atoms with Crippen LogP contribution in [-0.4, -0.2) is 28.9 Å². The Kier molecular flexibility index (Phi) is 8.33. The van der Waals surface area contributed by atoms with Crippen molar-refractivity contribution < 1.29 is 23.8 Å². The molecule has 0 aliphatic rings. The number of carbonyl (C=O) groups is 2. The monoisotopic (exact) mass is 538 g/mol. The minimum absolute atomic E-state index is 0.248. The maximum atomic E-state index is 12.3. The Labute approximate surface area is 231 Å². The lowest BCUT2D eigenvalue weighted by Gasteiger charge is -2.14. The van der Waals surface area contributed by atoms with E-state index in [0.717, 1.165) is 62.6 Å². The highest BCUT2D eigenvalue weighted by atomic mass is 32.2. The summed E-state index contributed by atoms with van der Waals surface area (Å²) in [5, 5.41) is 10.7. The SMILES string of the molecule is CCCCOC(=O)C(CC(=O)O)SCc1ccc(-c2ccc(-c3cccc4c3oc3ccccc34)cc2)cc1. The lowest BCUT2D eigenvalue weighted by molar-refractivity contribution is -0.147. The van der Waals surface area contributed by atoms with Crippen LogP contribution >= 0.6 is 11.8 Å². The molecule has 0 fully saturated rings. The second-order valence-electron chi connectivity index (χ2n) is 9.47. The number of para-hydroxylation sites is 2. The number of furan rings is 1. The molecule has 198 valence electrons. The van der Waals surface area contributed by atoms with Crippen molar-refractivity contribution in [2.75, 3.05) is 6.61 Å². The molecule has 0 aliphatic heterocycles. The van der Waals surface area contributed by atoms with E-state index in [9.17, 15) is 14.7 Å². The van der Waals surface area contributed by atoms with Crippen molar-refractivity contribution in [2.24, 2.45) is 0 Å². The number of thioether (sulfide) groups is 1. The smallest absolute Gasteiger partial charge is 0.319 e. The fourth-order valence-electron chi connectivity index (χ4n) is 4.59. The van der Waals surface area contributed by atoms with Gasteiger partial charge in [-0.05, 0) is 34.7 Å². The molecule has 6 heteroatoms. The Balaban J connectivity index is 1.27. The molecule has 39 heavy (non-hydrogen) atoms. The van der Waals surface area contributed by atoms with Gasteiger partial charge in [0.2, 0.25) is 0 Å². The predicted octanol–water partition coefficient (Wildman–Crippen LogP) is 8.34. The number of aliphatic carboxylic acids is 1. The Morgan fingerprint density at radius 3 is 2.23 bits per heavy atom. The Bertz CT molecular complexity index is 1580. The fourth-order valence-corrected chi connectivity index (χ4v) is 5.64. The molecule has 0 radical (unpaired) electrons. The van der Waals surface area contributed by atoms with Crippen molar-refractivity contribution >= 4 is 45.6 Å². The first-order valence-corrected chi connectivity index (χ1v) is 14.2. The zero-order valence-electron chi connectivity index (χ0n) is 21.8. The molecule has 5 aromatic rings. The van der Waals surface area contributed by atoms with Crippen LogP contribution in [0.15, 0.2) is 95.4 Å². The number of hydrogen-bond donors (Lipinski definition) is 1. The summed E-state index contributed by atoms with van der Waals surface area (Å²) in [6.07, 6.45) is 1.44. The van der Waals surface area contributed by atoms with Crippen LogP contribution in [0.3, 0.4) is 0 Å². The molecule has 1 atom stereocenters. The minimum Gasteiger partial charge on any atom is -0.481 e. The lowest BCUT2D eigenvalue weighted by atomic mass is 9.98. The van der Waals surface area contributed by atoms with Gasteiger partial charge in [-0.3, -0.25) is 9.59 Å². The fraction of sp³-hybridized carbons (Fsp3) is 0.212. The maximum Gasteiger partial charge on any atom is 0.319 e. The van der Waals surface area contributed by atoms with Crippen molar-refractivity contribution in [1.29, 1.82) is 0 Å². The quantitative estimate of drug-likeness (QED) is 0.135. The first kappa shape index (κ1) is 26.6. The highest BCUT2D eigenvalue weighted by Gasteiger charge is 2.24. The number of esters is 1. The van der Waals surface area contributed by atoms with Crippen molar-refractivity contribution in [3.63, 3.8) is 0 Å². The van der Waals surface area contributed by atoms with Crippen LogP contribution in [0.25, 0.3) is 44.2 Å². The van der Waals surface area contributed by atoms with Crippen LogP contribution in [0, 0.1) is 0 Å². The van der Waals surface area contributed by atoms with E-state index in [1.54, 1.807) is 0 Å². The first-order chi connectivity index (χ1) is 19.0. The summed E-state index contributed by atoms with van der Waals surface area (Å²) in [4.78, 5) is 23.6. The summed E-state index contributed by atoms with van der Waals surface area (Å²) in [5.74, 6) is -0.928. The molecule has 0 amide bonds. The molecule has 0 saturated carbocycles. The Morgan fingerprint density at radius 1 is 0.846 bits per heavy atom. The molecule has 0 saturated heterocycles. The van der Waals surface area contributed by atoms with Crippen LogP contribution in [0.5, 0.6) is 0 Å². The van der Waals surface area contributed by atoms with E-state index < -0.39 is 17.2 Å². The van der Waals surface area contributed by atoms with E-state index in [0.29, 0.717) is 12.4 Å². The molecule has 0 aliphatic carbocycles. The molecule has 0 bridgehead atoms. The highest BCUT2D eigenvalue weighted by Crippen LogP contribution is 2.36. The molecule has 1 unspecified atom stereocenters. The molecular formula is C33H30O5S. The zero-order valence-corrected chi connectivity index (χ0v) is 22.6. The largest absolute Gasteiger partial charge is 0.481 e. The lowest BCUT2D eigenvalue weighted by Crippen LogP contribution is -2.24. The normalized spacial score (nSPS) is 12.0. The average molecular weight is 539 g/mol. The van der Waals surface area contributed by atoms with Gasteiger partial charge in [-0.15, -0.1) is 11.8 Å². The summed E-state index contributed by atoms with van der Waals surface area (Å²) in [7, 11) is 0. The summed E-state index contributed by atoms with van der Waals surface area (Å²) < 4.78 is 11.5. The molecule has 5 rings (SSSR count). The Hall–Kier alpha value is -4.03. The number of carboxylic acid groups (broad SMARTS) is 1. The van der Waals surface area contributed by atoms with Gasteiger partial charge in [0.25, 0.3) is 0 Å². The van der Waals surface area contributed by atoms with E-state index in [-0.39, 0.29) is 6.42 Å². The molecule has 4 aromatic carbocycles. The second kappa shape index (κ2) is 12.2. The number of hydrogen-bond acceptors (Lipinski definition) is 5. The van der Waals surface area contributed by atoms with E-state index in [4.69, 9.17) is 9.15 Å². The van der Waals surface area contributed by atoms with Crippen molar-refractivity contribution in [3.8, 4) is 22.3 Å².